The summed E-state index contributed by atoms with van der Waals surface area (Å²) in [6, 6.07) is 34.1. The molecule has 108 heavy (non-hydrogen) atoms. The number of carbonyl (C=O) groups excluding carboxylic acids is 4. The zero-order valence-electron chi connectivity index (χ0n) is 66.6. The number of esters is 4. The van der Waals surface area contributed by atoms with Crippen molar-refractivity contribution in [3.05, 3.63) is 167 Å². The van der Waals surface area contributed by atoms with Crippen molar-refractivity contribution in [2.75, 3.05) is 26.4 Å². The Labute approximate surface area is 647 Å². The monoisotopic (exact) mass is 1480 g/mol. The molecule has 0 saturated carbocycles. The van der Waals surface area contributed by atoms with Crippen LogP contribution < -0.4 is 37.9 Å². The van der Waals surface area contributed by atoms with E-state index in [0.29, 0.717) is 72.1 Å². The molecule has 2 aromatic heterocycles. The number of aryl methyl sites for hydroxylation is 1. The number of hydrogen-bond acceptors (Lipinski definition) is 14. The maximum Gasteiger partial charge on any atom is 0.345 e. The lowest BCUT2D eigenvalue weighted by molar-refractivity contribution is 0.0718. The first-order valence-electron chi connectivity index (χ1n) is 41.9. The van der Waals surface area contributed by atoms with Crippen LogP contribution in [0.4, 0.5) is 0 Å². The van der Waals surface area contributed by atoms with E-state index in [0.717, 1.165) is 86.5 Å². The van der Waals surface area contributed by atoms with Crippen LogP contribution in [-0.2, 0) is 0 Å². The highest BCUT2D eigenvalue weighted by atomic mass is 16.6. The minimum absolute atomic E-state index is 0.240. The maximum absolute atomic E-state index is 14.2. The summed E-state index contributed by atoms with van der Waals surface area (Å²) in [5, 5.41) is 0. The van der Waals surface area contributed by atoms with E-state index < -0.39 is 23.9 Å². The molecule has 0 aliphatic carbocycles. The number of ether oxygens (including phenoxy) is 8. The van der Waals surface area contributed by atoms with Gasteiger partial charge in [0.05, 0.1) is 60.1 Å². The molecule has 586 valence electrons. The molecule has 0 saturated heterocycles. The van der Waals surface area contributed by atoms with Gasteiger partial charge in [-0.1, -0.05) is 277 Å². The number of carbonyl (C=O) groups is 4. The number of rotatable bonds is 58. The van der Waals surface area contributed by atoms with Gasteiger partial charge in [0.1, 0.15) is 28.7 Å². The average molecular weight is 1480 g/mol. The molecule has 0 atom stereocenters. The smallest absolute Gasteiger partial charge is 0.345 e. The molecule has 0 unspecified atom stereocenters. The quantitative estimate of drug-likeness (QED) is 0.0201. The normalized spacial score (nSPS) is 11.2. The van der Waals surface area contributed by atoms with Crippen molar-refractivity contribution in [1.82, 2.24) is 9.97 Å². The highest BCUT2D eigenvalue weighted by Gasteiger charge is 2.22. The summed E-state index contributed by atoms with van der Waals surface area (Å²) in [7, 11) is 0. The Morgan fingerprint density at radius 2 is 0.546 bits per heavy atom. The molecule has 0 aliphatic heterocycles. The zero-order valence-corrected chi connectivity index (χ0v) is 66.6. The Balaban J connectivity index is 0.905. The second kappa shape index (κ2) is 52.5. The summed E-state index contributed by atoms with van der Waals surface area (Å²) >= 11 is 0. The first kappa shape index (κ1) is 86.7. The molecule has 0 amide bonds. The van der Waals surface area contributed by atoms with Crippen LogP contribution >= 0.6 is 0 Å². The van der Waals surface area contributed by atoms with E-state index in [1.807, 2.05) is 44.2 Å². The molecule has 5 aromatic carbocycles. The van der Waals surface area contributed by atoms with Crippen molar-refractivity contribution in [3.63, 3.8) is 0 Å². The highest BCUT2D eigenvalue weighted by Crippen LogP contribution is 2.41. The van der Waals surface area contributed by atoms with Gasteiger partial charge in [-0.2, -0.15) is 0 Å². The van der Waals surface area contributed by atoms with Crippen molar-refractivity contribution < 1.29 is 57.1 Å². The summed E-state index contributed by atoms with van der Waals surface area (Å²) in [4.78, 5) is 63.6. The first-order chi connectivity index (χ1) is 53.0. The Bertz CT molecular complexity index is 3620. The van der Waals surface area contributed by atoms with E-state index in [9.17, 15) is 19.2 Å². The molecule has 2 heterocycles. The van der Waals surface area contributed by atoms with Crippen LogP contribution in [0, 0.1) is 13.8 Å². The fraction of sp³-hybridized carbons (Fsp3) is 0.532. The Kier molecular flexibility index (Phi) is 42.2. The van der Waals surface area contributed by atoms with E-state index in [4.69, 9.17) is 37.9 Å². The lowest BCUT2D eigenvalue weighted by atomic mass is 10.0. The third kappa shape index (κ3) is 33.1. The zero-order chi connectivity index (χ0) is 76.4. The van der Waals surface area contributed by atoms with Gasteiger partial charge in [-0.3, -0.25) is 9.97 Å². The van der Waals surface area contributed by atoms with Gasteiger partial charge in [0.15, 0.2) is 11.5 Å². The van der Waals surface area contributed by atoms with Crippen LogP contribution in [0.3, 0.4) is 0 Å². The van der Waals surface area contributed by atoms with Crippen LogP contribution in [0.5, 0.6) is 46.0 Å². The number of benzene rings is 5. The van der Waals surface area contributed by atoms with Gasteiger partial charge in [-0.25, -0.2) is 19.2 Å². The van der Waals surface area contributed by atoms with Gasteiger partial charge in [-0.05, 0) is 154 Å². The van der Waals surface area contributed by atoms with E-state index >= 15 is 0 Å². The Morgan fingerprint density at radius 3 is 0.852 bits per heavy atom. The fourth-order valence-electron chi connectivity index (χ4n) is 13.2. The van der Waals surface area contributed by atoms with Crippen LogP contribution in [-0.4, -0.2) is 60.3 Å². The molecule has 0 bridgehead atoms. The fourth-order valence-corrected chi connectivity index (χ4v) is 13.2. The number of nitrogens with zero attached hydrogens (tertiary/aromatic N) is 2. The average Bonchev–Trinajstić information content (AvgIpc) is 0.830. The van der Waals surface area contributed by atoms with Crippen molar-refractivity contribution in [1.29, 1.82) is 0 Å². The molecule has 14 heteroatoms. The van der Waals surface area contributed by atoms with Crippen LogP contribution in [0.1, 0.15) is 337 Å². The maximum atomic E-state index is 14.2. The summed E-state index contributed by atoms with van der Waals surface area (Å²) < 4.78 is 49.0. The van der Waals surface area contributed by atoms with Crippen LogP contribution in [0.15, 0.2) is 134 Å². The van der Waals surface area contributed by atoms with E-state index in [-0.39, 0.29) is 33.9 Å². The van der Waals surface area contributed by atoms with Gasteiger partial charge in [0.2, 0.25) is 5.75 Å². The summed E-state index contributed by atoms with van der Waals surface area (Å²) in [5.41, 5.74) is 5.90. The predicted molar refractivity (Wildman–Crippen MR) is 437 cm³/mol. The Hall–Kier alpha value is -8.52. The molecule has 0 N–H and O–H groups in total. The minimum Gasteiger partial charge on any atom is -0.493 e. The molecular formula is C94H128N2O12. The van der Waals surface area contributed by atoms with Gasteiger partial charge in [-0.15, -0.1) is 0 Å². The molecule has 14 nitrogen and oxygen atoms in total. The minimum atomic E-state index is -0.609. The van der Waals surface area contributed by atoms with E-state index in [2.05, 4.69) is 37.7 Å². The molecular weight excluding hydrogens is 1350 g/mol. The topological polar surface area (TPSA) is 168 Å². The number of unbranched alkanes of at least 4 members (excludes halogenated alkanes) is 36. The van der Waals surface area contributed by atoms with Crippen molar-refractivity contribution in [2.45, 2.75) is 298 Å². The van der Waals surface area contributed by atoms with Gasteiger partial charge < -0.3 is 37.9 Å². The first-order valence-corrected chi connectivity index (χ1v) is 41.9. The third-order valence-electron chi connectivity index (χ3n) is 20.1. The summed E-state index contributed by atoms with van der Waals surface area (Å²) in [6.07, 6.45) is 52.0. The van der Waals surface area contributed by atoms with Crippen molar-refractivity contribution in [2.24, 2.45) is 0 Å². The molecule has 0 spiro atoms. The molecule has 0 radical (unpaired) electrons. The van der Waals surface area contributed by atoms with E-state index in [1.165, 1.54) is 205 Å². The van der Waals surface area contributed by atoms with Gasteiger partial charge in [0.25, 0.3) is 0 Å². The summed E-state index contributed by atoms with van der Waals surface area (Å²) in [6.45, 7) is 15.1. The van der Waals surface area contributed by atoms with Gasteiger partial charge >= 0.3 is 23.9 Å². The lowest BCUT2D eigenvalue weighted by Crippen LogP contribution is -2.12. The second-order valence-corrected chi connectivity index (χ2v) is 29.3. The van der Waals surface area contributed by atoms with Gasteiger partial charge in [0, 0.05) is 23.5 Å². The van der Waals surface area contributed by atoms with E-state index in [1.54, 1.807) is 91.0 Å². The molecule has 7 aromatic rings. The Morgan fingerprint density at radius 1 is 0.278 bits per heavy atom. The number of pyridine rings is 2. The predicted octanol–water partition coefficient (Wildman–Crippen LogP) is 26.5. The molecule has 0 fully saturated rings. The number of hydrogen-bond donors (Lipinski definition) is 0. The summed E-state index contributed by atoms with van der Waals surface area (Å²) in [5.74, 6) is 0.994. The van der Waals surface area contributed by atoms with Crippen molar-refractivity contribution >= 4 is 23.9 Å². The largest absolute Gasteiger partial charge is 0.493 e. The third-order valence-corrected chi connectivity index (χ3v) is 20.1. The van der Waals surface area contributed by atoms with Crippen molar-refractivity contribution in [3.8, 4) is 68.5 Å². The molecule has 7 rings (SSSR count). The standard InChI is InChI=1S/C94H128N2O12/c1-7-11-15-19-23-27-31-35-39-43-62-101-87-68-79(66-73(5)74(87)6)93(99)107-83-56-52-81(53-57-83)105-91(97)77-50-60-85(95-71-77)75-48-47-49-76(67-75)86-61-51-78(72-96-86)92(98)106-82-54-58-84(59-55-82)108-94(100)80-69-88(102-63-44-40-36-32-28-24-20-16-12-8-2)90(104-65-46-42-38-34-30-26-22-18-14-10-4)89(70-80)103-64-45-41-37-33-29-25-21-17-13-9-3/h47-61,66-72H,7-46,62-65H2,1-6H3. The second-order valence-electron chi connectivity index (χ2n) is 29.3. The molecule has 0 aliphatic rings. The highest BCUT2D eigenvalue weighted by molar-refractivity contribution is 5.94. The van der Waals surface area contributed by atoms with Crippen LogP contribution in [0.25, 0.3) is 22.5 Å². The lowest BCUT2D eigenvalue weighted by Gasteiger charge is -2.19. The number of aromatic nitrogens is 2. The SMILES string of the molecule is CCCCCCCCCCCCOc1cc(C(=O)Oc2ccc(OC(=O)c3ccc(-c4cccc(-c5ccc(C(=O)Oc6ccc(OC(=O)c7cc(OCCCCCCCCCCCC)c(OCCCCCCCCCCCC)c(OCCCCCCCCCCCC)c7)cc6)cn5)c4)nc3)cc2)cc(C)c1C. The van der Waals surface area contributed by atoms with Crippen LogP contribution in [0.2, 0.25) is 0 Å².